The van der Waals surface area contributed by atoms with Crippen LogP contribution in [-0.4, -0.2) is 45.8 Å². The number of hydrogen-bond donors (Lipinski definition) is 1. The van der Waals surface area contributed by atoms with Gasteiger partial charge in [0.25, 0.3) is 5.91 Å². The summed E-state index contributed by atoms with van der Waals surface area (Å²) in [5.74, 6) is 0.00512. The van der Waals surface area contributed by atoms with Crippen LogP contribution in [0.3, 0.4) is 0 Å². The predicted octanol–water partition coefficient (Wildman–Crippen LogP) is 2.12. The molecule has 2 heterocycles. The minimum atomic E-state index is 0. The van der Waals surface area contributed by atoms with Crippen LogP contribution in [0.15, 0.2) is 42.6 Å². The van der Waals surface area contributed by atoms with Crippen molar-refractivity contribution in [2.45, 2.75) is 25.9 Å². The first kappa shape index (κ1) is 16.5. The Labute approximate surface area is 136 Å². The fourth-order valence-corrected chi connectivity index (χ4v) is 2.65. The molecule has 1 aliphatic rings. The summed E-state index contributed by atoms with van der Waals surface area (Å²) in [7, 11) is 0. The number of para-hydroxylation sites is 1. The van der Waals surface area contributed by atoms with Gasteiger partial charge in [-0.05, 0) is 32.0 Å². The molecule has 3 rings (SSSR count). The van der Waals surface area contributed by atoms with E-state index in [0.29, 0.717) is 11.7 Å². The van der Waals surface area contributed by atoms with Crippen molar-refractivity contribution in [3.05, 3.63) is 48.3 Å². The summed E-state index contributed by atoms with van der Waals surface area (Å²) < 4.78 is 1.74. The summed E-state index contributed by atoms with van der Waals surface area (Å²) in [5.41, 5.74) is 1.46. The zero-order valence-corrected chi connectivity index (χ0v) is 13.6. The van der Waals surface area contributed by atoms with E-state index in [-0.39, 0.29) is 24.4 Å². The molecule has 0 radical (unpaired) electrons. The van der Waals surface area contributed by atoms with E-state index >= 15 is 0 Å². The van der Waals surface area contributed by atoms with Gasteiger partial charge in [-0.15, -0.1) is 12.4 Å². The van der Waals surface area contributed by atoms with Crippen molar-refractivity contribution in [2.75, 3.05) is 13.1 Å². The summed E-state index contributed by atoms with van der Waals surface area (Å²) in [6.45, 7) is 5.73. The van der Waals surface area contributed by atoms with Crippen LogP contribution in [0.4, 0.5) is 0 Å². The van der Waals surface area contributed by atoms with E-state index in [1.807, 2.05) is 41.4 Å². The molecular formula is C16H21ClN4O. The molecule has 5 nitrogen and oxygen atoms in total. The maximum absolute atomic E-state index is 12.6. The minimum absolute atomic E-state index is 0. The zero-order chi connectivity index (χ0) is 14.8. The molecule has 2 aromatic rings. The van der Waals surface area contributed by atoms with Crippen LogP contribution in [0.25, 0.3) is 5.69 Å². The van der Waals surface area contributed by atoms with Gasteiger partial charge in [-0.2, -0.15) is 5.10 Å². The number of hydrogen-bond acceptors (Lipinski definition) is 3. The molecular weight excluding hydrogens is 300 g/mol. The largest absolute Gasteiger partial charge is 0.332 e. The number of carbonyl (C=O) groups excluding carboxylic acids is 1. The van der Waals surface area contributed by atoms with Gasteiger partial charge in [0.2, 0.25) is 0 Å². The zero-order valence-electron chi connectivity index (χ0n) is 12.8. The fourth-order valence-electron chi connectivity index (χ4n) is 2.65. The molecule has 0 bridgehead atoms. The number of benzene rings is 1. The topological polar surface area (TPSA) is 50.2 Å². The Hall–Kier alpha value is -1.85. The fraction of sp³-hybridized carbons (Fsp3) is 0.375. The lowest BCUT2D eigenvalue weighted by Gasteiger charge is -2.38. The highest BCUT2D eigenvalue weighted by Gasteiger charge is 2.29. The van der Waals surface area contributed by atoms with Crippen LogP contribution in [0.1, 0.15) is 24.3 Å². The maximum atomic E-state index is 12.6. The highest BCUT2D eigenvalue weighted by atomic mass is 35.5. The van der Waals surface area contributed by atoms with Crippen LogP contribution in [0, 0.1) is 0 Å². The monoisotopic (exact) mass is 320 g/mol. The van der Waals surface area contributed by atoms with Crippen molar-refractivity contribution in [3.8, 4) is 5.69 Å². The molecule has 2 atom stereocenters. The van der Waals surface area contributed by atoms with Gasteiger partial charge >= 0.3 is 0 Å². The summed E-state index contributed by atoms with van der Waals surface area (Å²) in [5, 5.41) is 7.80. The first-order valence-corrected chi connectivity index (χ1v) is 7.32. The molecule has 1 aromatic heterocycles. The second-order valence-electron chi connectivity index (χ2n) is 5.46. The predicted molar refractivity (Wildman–Crippen MR) is 88.8 cm³/mol. The summed E-state index contributed by atoms with van der Waals surface area (Å²) in [6.07, 6.45) is 1.83. The highest BCUT2D eigenvalue weighted by molar-refractivity contribution is 5.92. The van der Waals surface area contributed by atoms with E-state index in [4.69, 9.17) is 0 Å². The van der Waals surface area contributed by atoms with E-state index in [0.717, 1.165) is 18.8 Å². The van der Waals surface area contributed by atoms with Gasteiger partial charge in [0.1, 0.15) is 0 Å². The van der Waals surface area contributed by atoms with Gasteiger partial charge < -0.3 is 10.2 Å². The second-order valence-corrected chi connectivity index (χ2v) is 5.46. The van der Waals surface area contributed by atoms with Gasteiger partial charge in [-0.1, -0.05) is 18.2 Å². The Morgan fingerprint density at radius 3 is 2.68 bits per heavy atom. The molecule has 1 amide bonds. The Balaban J connectivity index is 0.00000176. The molecule has 22 heavy (non-hydrogen) atoms. The van der Waals surface area contributed by atoms with Crippen molar-refractivity contribution in [1.82, 2.24) is 20.0 Å². The van der Waals surface area contributed by atoms with Crippen LogP contribution in [0.5, 0.6) is 0 Å². The Bertz CT molecular complexity index is 628. The SMILES string of the molecule is CC1NCCN(C(=O)c2ccn(-c3ccccc3)n2)C1C.Cl. The molecule has 1 aromatic carbocycles. The molecule has 1 saturated heterocycles. The lowest BCUT2D eigenvalue weighted by Crippen LogP contribution is -2.57. The van der Waals surface area contributed by atoms with Gasteiger partial charge in [0, 0.05) is 31.4 Å². The minimum Gasteiger partial charge on any atom is -0.332 e. The third-order valence-electron chi connectivity index (χ3n) is 4.12. The molecule has 1 fully saturated rings. The van der Waals surface area contributed by atoms with Crippen LogP contribution < -0.4 is 5.32 Å². The Morgan fingerprint density at radius 1 is 1.23 bits per heavy atom. The number of aromatic nitrogens is 2. The van der Waals surface area contributed by atoms with E-state index in [1.165, 1.54) is 0 Å². The first-order chi connectivity index (χ1) is 10.2. The van der Waals surface area contributed by atoms with Gasteiger partial charge in [0.05, 0.1) is 5.69 Å². The first-order valence-electron chi connectivity index (χ1n) is 7.32. The van der Waals surface area contributed by atoms with Crippen molar-refractivity contribution in [2.24, 2.45) is 0 Å². The van der Waals surface area contributed by atoms with Crippen molar-refractivity contribution in [1.29, 1.82) is 0 Å². The Morgan fingerprint density at radius 2 is 1.95 bits per heavy atom. The number of nitrogens with one attached hydrogen (secondary N) is 1. The number of amides is 1. The number of nitrogens with zero attached hydrogens (tertiary/aromatic N) is 3. The van der Waals surface area contributed by atoms with Gasteiger partial charge in [-0.3, -0.25) is 4.79 Å². The number of halogens is 1. The number of rotatable bonds is 2. The third kappa shape index (κ3) is 3.15. The molecule has 0 aliphatic carbocycles. The lowest BCUT2D eigenvalue weighted by molar-refractivity contribution is 0.0596. The van der Waals surface area contributed by atoms with Crippen molar-refractivity contribution >= 4 is 18.3 Å². The van der Waals surface area contributed by atoms with E-state index in [2.05, 4.69) is 24.3 Å². The van der Waals surface area contributed by atoms with E-state index in [9.17, 15) is 4.79 Å². The second kappa shape index (κ2) is 6.94. The Kier molecular flexibility index (Phi) is 5.21. The van der Waals surface area contributed by atoms with Crippen LogP contribution >= 0.6 is 12.4 Å². The van der Waals surface area contributed by atoms with Crippen molar-refractivity contribution < 1.29 is 4.79 Å². The number of carbonyl (C=O) groups is 1. The van der Waals surface area contributed by atoms with Crippen LogP contribution in [-0.2, 0) is 0 Å². The van der Waals surface area contributed by atoms with Gasteiger partial charge in [0.15, 0.2) is 5.69 Å². The molecule has 1 aliphatic heterocycles. The summed E-state index contributed by atoms with van der Waals surface area (Å²) >= 11 is 0. The molecule has 118 valence electrons. The molecule has 1 N–H and O–H groups in total. The maximum Gasteiger partial charge on any atom is 0.274 e. The lowest BCUT2D eigenvalue weighted by atomic mass is 10.1. The molecule has 0 saturated carbocycles. The smallest absolute Gasteiger partial charge is 0.274 e. The summed E-state index contributed by atoms with van der Waals surface area (Å²) in [6, 6.07) is 12.1. The average Bonchev–Trinajstić information content (AvgIpc) is 3.00. The quantitative estimate of drug-likeness (QED) is 0.922. The molecule has 0 spiro atoms. The average molecular weight is 321 g/mol. The molecule has 2 unspecified atom stereocenters. The molecule has 6 heteroatoms. The highest BCUT2D eigenvalue weighted by Crippen LogP contribution is 2.14. The third-order valence-corrected chi connectivity index (χ3v) is 4.12. The number of piperazine rings is 1. The van der Waals surface area contributed by atoms with E-state index in [1.54, 1.807) is 10.7 Å². The summed E-state index contributed by atoms with van der Waals surface area (Å²) in [4.78, 5) is 14.5. The van der Waals surface area contributed by atoms with Crippen LogP contribution in [0.2, 0.25) is 0 Å². The van der Waals surface area contributed by atoms with E-state index < -0.39 is 0 Å². The van der Waals surface area contributed by atoms with Gasteiger partial charge in [-0.25, -0.2) is 4.68 Å². The normalized spacial score (nSPS) is 21.3. The van der Waals surface area contributed by atoms with Crippen molar-refractivity contribution in [3.63, 3.8) is 0 Å². The standard InChI is InChI=1S/C16H20N4O.ClH/c1-12-13(2)19(11-9-17-12)16(21)15-8-10-20(18-15)14-6-4-3-5-7-14;/h3-8,10,12-13,17H,9,11H2,1-2H3;1H.